The van der Waals surface area contributed by atoms with E-state index in [0.29, 0.717) is 5.56 Å². The van der Waals surface area contributed by atoms with Crippen LogP contribution in [0, 0.1) is 17.0 Å². The van der Waals surface area contributed by atoms with E-state index in [1.807, 2.05) is 19.1 Å². The van der Waals surface area contributed by atoms with E-state index >= 15 is 0 Å². The Bertz CT molecular complexity index is 815. The molecular weight excluding hydrogens is 308 g/mol. The summed E-state index contributed by atoms with van der Waals surface area (Å²) < 4.78 is 5.49. The first kappa shape index (κ1) is 16.0. The maximum absolute atomic E-state index is 11.0. The number of fused-ring (bicyclic) bond motifs is 1. The fourth-order valence-electron chi connectivity index (χ4n) is 2.69. The molecule has 1 heterocycles. The lowest BCUT2D eigenvalue weighted by Gasteiger charge is -2.07. The van der Waals surface area contributed by atoms with Crippen LogP contribution >= 0.6 is 0 Å². The van der Waals surface area contributed by atoms with E-state index in [-0.39, 0.29) is 17.2 Å². The Morgan fingerprint density at radius 1 is 1.38 bits per heavy atom. The second-order valence-electron chi connectivity index (χ2n) is 5.69. The highest BCUT2D eigenvalue weighted by Gasteiger charge is 2.14. The summed E-state index contributed by atoms with van der Waals surface area (Å²) in [5, 5.41) is 15.1. The van der Waals surface area contributed by atoms with Crippen molar-refractivity contribution >= 4 is 11.4 Å². The number of oxime groups is 1. The summed E-state index contributed by atoms with van der Waals surface area (Å²) in [4.78, 5) is 16.0. The third-order valence-corrected chi connectivity index (χ3v) is 4.14. The van der Waals surface area contributed by atoms with Crippen molar-refractivity contribution in [2.75, 3.05) is 6.61 Å². The fourth-order valence-corrected chi connectivity index (χ4v) is 2.69. The van der Waals surface area contributed by atoms with Crippen LogP contribution < -0.4 is 4.74 Å². The van der Waals surface area contributed by atoms with Crippen LogP contribution in [0.2, 0.25) is 0 Å². The molecule has 0 bridgehead atoms. The van der Waals surface area contributed by atoms with Gasteiger partial charge in [-0.3, -0.25) is 10.1 Å². The van der Waals surface area contributed by atoms with Crippen LogP contribution in [0.25, 0.3) is 0 Å². The Hall–Kier alpha value is -2.89. The molecule has 0 unspecified atom stereocenters. The van der Waals surface area contributed by atoms with Gasteiger partial charge in [0.15, 0.2) is 0 Å². The zero-order valence-corrected chi connectivity index (χ0v) is 13.6. The molecule has 24 heavy (non-hydrogen) atoms. The lowest BCUT2D eigenvalue weighted by molar-refractivity contribution is -0.385. The second-order valence-corrected chi connectivity index (χ2v) is 5.69. The SMILES string of the molecule is CC(=NOCc1cccc([N+](=O)[O-])c1C)c1ccc2c(c1)CCO2. The van der Waals surface area contributed by atoms with Gasteiger partial charge in [0, 0.05) is 23.6 Å². The first-order valence-corrected chi connectivity index (χ1v) is 7.72. The normalized spacial score (nSPS) is 13.3. The van der Waals surface area contributed by atoms with Crippen LogP contribution in [0.15, 0.2) is 41.6 Å². The predicted molar refractivity (Wildman–Crippen MR) is 90.5 cm³/mol. The lowest BCUT2D eigenvalue weighted by Crippen LogP contribution is -2.00. The molecule has 0 saturated heterocycles. The van der Waals surface area contributed by atoms with Crippen molar-refractivity contribution < 1.29 is 14.5 Å². The molecule has 0 atom stereocenters. The smallest absolute Gasteiger partial charge is 0.272 e. The number of hydrogen-bond donors (Lipinski definition) is 0. The summed E-state index contributed by atoms with van der Waals surface area (Å²) in [6, 6.07) is 10.9. The van der Waals surface area contributed by atoms with Crippen molar-refractivity contribution in [2.24, 2.45) is 5.16 Å². The average molecular weight is 326 g/mol. The molecule has 0 radical (unpaired) electrons. The summed E-state index contributed by atoms with van der Waals surface area (Å²) in [6.45, 7) is 4.50. The van der Waals surface area contributed by atoms with Crippen molar-refractivity contribution in [1.82, 2.24) is 0 Å². The molecule has 0 N–H and O–H groups in total. The summed E-state index contributed by atoms with van der Waals surface area (Å²) in [6.07, 6.45) is 0.907. The molecule has 6 nitrogen and oxygen atoms in total. The van der Waals surface area contributed by atoms with E-state index in [9.17, 15) is 10.1 Å². The number of benzene rings is 2. The maximum Gasteiger partial charge on any atom is 0.272 e. The quantitative estimate of drug-likeness (QED) is 0.476. The number of nitrogens with zero attached hydrogens (tertiary/aromatic N) is 2. The minimum atomic E-state index is -0.389. The van der Waals surface area contributed by atoms with Crippen LogP contribution in [0.5, 0.6) is 5.75 Å². The van der Waals surface area contributed by atoms with E-state index < -0.39 is 0 Å². The Morgan fingerprint density at radius 2 is 2.21 bits per heavy atom. The Labute approximate surface area is 139 Å². The lowest BCUT2D eigenvalue weighted by atomic mass is 10.1. The van der Waals surface area contributed by atoms with E-state index in [1.54, 1.807) is 19.1 Å². The second kappa shape index (κ2) is 6.70. The van der Waals surface area contributed by atoms with Gasteiger partial charge in [-0.15, -0.1) is 0 Å². The van der Waals surface area contributed by atoms with Crippen LogP contribution in [-0.2, 0) is 17.9 Å². The van der Waals surface area contributed by atoms with Gasteiger partial charge in [-0.25, -0.2) is 0 Å². The highest BCUT2D eigenvalue weighted by atomic mass is 16.6. The Balaban J connectivity index is 1.70. The molecule has 1 aliphatic rings. The van der Waals surface area contributed by atoms with Crippen molar-refractivity contribution in [3.8, 4) is 5.75 Å². The van der Waals surface area contributed by atoms with Gasteiger partial charge in [0.25, 0.3) is 5.69 Å². The summed E-state index contributed by atoms with van der Waals surface area (Å²) in [7, 11) is 0. The number of rotatable bonds is 5. The van der Waals surface area contributed by atoms with Gasteiger partial charge in [0.2, 0.25) is 0 Å². The van der Waals surface area contributed by atoms with Crippen molar-refractivity contribution in [3.05, 3.63) is 68.8 Å². The van der Waals surface area contributed by atoms with Crippen LogP contribution in [0.4, 0.5) is 5.69 Å². The minimum absolute atomic E-state index is 0.0930. The van der Waals surface area contributed by atoms with Gasteiger partial charge >= 0.3 is 0 Å². The summed E-state index contributed by atoms with van der Waals surface area (Å²) >= 11 is 0. The first-order valence-electron chi connectivity index (χ1n) is 7.72. The predicted octanol–water partition coefficient (Wildman–Crippen LogP) is 3.78. The van der Waals surface area contributed by atoms with Gasteiger partial charge < -0.3 is 9.57 Å². The standard InChI is InChI=1S/C18H18N2O4/c1-12-16(4-3-5-17(12)20(21)22)11-24-19-13(2)14-6-7-18-15(10-14)8-9-23-18/h3-7,10H,8-9,11H2,1-2H3. The number of ether oxygens (including phenoxy) is 1. The number of hydrogen-bond acceptors (Lipinski definition) is 5. The molecular formula is C18H18N2O4. The molecule has 0 aliphatic carbocycles. The maximum atomic E-state index is 11.0. The highest BCUT2D eigenvalue weighted by molar-refractivity contribution is 5.98. The third kappa shape index (κ3) is 3.22. The largest absolute Gasteiger partial charge is 0.493 e. The third-order valence-electron chi connectivity index (χ3n) is 4.14. The van der Waals surface area contributed by atoms with Crippen LogP contribution in [-0.4, -0.2) is 17.2 Å². The Kier molecular flexibility index (Phi) is 4.46. The molecule has 124 valence electrons. The molecule has 2 aromatic carbocycles. The number of nitro benzene ring substituents is 1. The van der Waals surface area contributed by atoms with Gasteiger partial charge in [-0.2, -0.15) is 0 Å². The van der Waals surface area contributed by atoms with E-state index in [4.69, 9.17) is 9.57 Å². The first-order chi connectivity index (χ1) is 11.6. The monoisotopic (exact) mass is 326 g/mol. The molecule has 0 fully saturated rings. The molecule has 2 aromatic rings. The van der Waals surface area contributed by atoms with Gasteiger partial charge in [-0.1, -0.05) is 17.3 Å². The fraction of sp³-hybridized carbons (Fsp3) is 0.278. The Morgan fingerprint density at radius 3 is 3.00 bits per heavy atom. The van der Waals surface area contributed by atoms with Crippen LogP contribution in [0.3, 0.4) is 0 Å². The summed E-state index contributed by atoms with van der Waals surface area (Å²) in [5.41, 5.74) is 4.36. The topological polar surface area (TPSA) is 74.0 Å². The molecule has 6 heteroatoms. The number of nitro groups is 1. The molecule has 0 spiro atoms. The van der Waals surface area contributed by atoms with Gasteiger partial charge in [0.05, 0.1) is 17.2 Å². The van der Waals surface area contributed by atoms with Crippen molar-refractivity contribution in [3.63, 3.8) is 0 Å². The average Bonchev–Trinajstić information content (AvgIpc) is 3.03. The van der Waals surface area contributed by atoms with Crippen LogP contribution in [0.1, 0.15) is 29.2 Å². The highest BCUT2D eigenvalue weighted by Crippen LogP contribution is 2.26. The van der Waals surface area contributed by atoms with E-state index in [0.717, 1.165) is 35.6 Å². The molecule has 0 saturated carbocycles. The van der Waals surface area contributed by atoms with Gasteiger partial charge in [0.1, 0.15) is 12.4 Å². The molecule has 0 amide bonds. The van der Waals surface area contributed by atoms with E-state index in [2.05, 4.69) is 11.2 Å². The molecule has 1 aliphatic heterocycles. The van der Waals surface area contributed by atoms with Crippen molar-refractivity contribution in [2.45, 2.75) is 26.9 Å². The zero-order chi connectivity index (χ0) is 17.1. The van der Waals surface area contributed by atoms with Crippen molar-refractivity contribution in [1.29, 1.82) is 0 Å². The van der Waals surface area contributed by atoms with E-state index in [1.165, 1.54) is 11.6 Å². The molecule has 0 aromatic heterocycles. The zero-order valence-electron chi connectivity index (χ0n) is 13.6. The molecule has 3 rings (SSSR count). The summed E-state index contributed by atoms with van der Waals surface area (Å²) in [5.74, 6) is 0.930. The minimum Gasteiger partial charge on any atom is -0.493 e. The van der Waals surface area contributed by atoms with Gasteiger partial charge in [-0.05, 0) is 43.2 Å².